The van der Waals surface area contributed by atoms with E-state index < -0.39 is 0 Å². The first-order valence-corrected chi connectivity index (χ1v) is 19.6. The summed E-state index contributed by atoms with van der Waals surface area (Å²) < 4.78 is 0. The van der Waals surface area contributed by atoms with Gasteiger partial charge in [0.1, 0.15) is 0 Å². The molecule has 3 amide bonds. The van der Waals surface area contributed by atoms with Gasteiger partial charge < -0.3 is 30.7 Å². The van der Waals surface area contributed by atoms with Crippen LogP contribution in [0.15, 0.2) is 54.6 Å². The van der Waals surface area contributed by atoms with Gasteiger partial charge in [0.15, 0.2) is 0 Å². The van der Waals surface area contributed by atoms with Crippen LogP contribution in [0.5, 0.6) is 0 Å². The van der Waals surface area contributed by atoms with Gasteiger partial charge in [-0.1, -0.05) is 59.2 Å². The largest absolute Gasteiger partial charge is 0.388 e. The van der Waals surface area contributed by atoms with Crippen LogP contribution in [0.25, 0.3) is 0 Å². The van der Waals surface area contributed by atoms with Crippen LogP contribution in [0, 0.1) is 11.8 Å². The predicted octanol–water partition coefficient (Wildman–Crippen LogP) is 8.77. The molecule has 4 rings (SSSR count). The van der Waals surface area contributed by atoms with E-state index in [0.717, 1.165) is 76.1 Å². The molecule has 0 spiro atoms. The molecular weight excluding hydrogens is 661 g/mol. The first kappa shape index (κ1) is 41.2. The number of rotatable bonds is 12. The van der Waals surface area contributed by atoms with Gasteiger partial charge in [-0.25, -0.2) is 0 Å². The van der Waals surface area contributed by atoms with Crippen LogP contribution in [-0.4, -0.2) is 53.6 Å². The zero-order valence-electron chi connectivity index (χ0n) is 33.6. The van der Waals surface area contributed by atoms with Crippen LogP contribution in [-0.2, 0) is 53.7 Å². The van der Waals surface area contributed by atoms with E-state index in [0.29, 0.717) is 70.4 Å². The average Bonchev–Trinajstić information content (AvgIpc) is 3.13. The molecule has 0 atom stereocenters. The van der Waals surface area contributed by atoms with Crippen LogP contribution in [0.3, 0.4) is 0 Å². The summed E-state index contributed by atoms with van der Waals surface area (Å²) in [5.74, 6) is 1.17. The molecule has 9 nitrogen and oxygen atoms in total. The van der Waals surface area contributed by atoms with Crippen molar-refractivity contribution in [3.63, 3.8) is 0 Å². The number of hydrogen-bond donors (Lipinski definition) is 3. The molecule has 0 fully saturated rings. The Morgan fingerprint density at radius 1 is 0.491 bits per heavy atom. The van der Waals surface area contributed by atoms with Crippen molar-refractivity contribution in [3.05, 3.63) is 88.0 Å². The molecule has 0 aliphatic carbocycles. The molecule has 9 heteroatoms. The van der Waals surface area contributed by atoms with Crippen LogP contribution >= 0.6 is 0 Å². The lowest BCUT2D eigenvalue weighted by Crippen LogP contribution is -2.32. The van der Waals surface area contributed by atoms with Crippen molar-refractivity contribution < 1.29 is 14.4 Å². The number of benzene rings is 3. The van der Waals surface area contributed by atoms with Crippen molar-refractivity contribution in [2.45, 2.75) is 119 Å². The van der Waals surface area contributed by atoms with Gasteiger partial charge in [-0.3, -0.25) is 14.4 Å². The first-order valence-electron chi connectivity index (χ1n) is 19.6. The van der Waals surface area contributed by atoms with Crippen LogP contribution in [0.2, 0.25) is 0 Å². The predicted molar refractivity (Wildman–Crippen MR) is 218 cm³/mol. The Labute approximate surface area is 318 Å². The number of carbonyl (C=O) groups is 3. The second-order valence-electron chi connectivity index (χ2n) is 15.6. The minimum absolute atomic E-state index is 0.113. The summed E-state index contributed by atoms with van der Waals surface area (Å²) in [4.78, 5) is 47.7. The third-order valence-corrected chi connectivity index (χ3v) is 9.94. The number of fused-ring (bicyclic) bond motifs is 6. The van der Waals surface area contributed by atoms with E-state index in [1.54, 1.807) is 0 Å². The number of amides is 3. The fourth-order valence-corrected chi connectivity index (χ4v) is 6.91. The quantitative estimate of drug-likeness (QED) is 0.173. The van der Waals surface area contributed by atoms with E-state index in [9.17, 15) is 14.4 Å². The maximum atomic E-state index is 14.0. The third kappa shape index (κ3) is 12.8. The Morgan fingerprint density at radius 3 is 0.981 bits per heavy atom. The standard InChI is InChI=1S/C44H64N6O3/c1-9-10-11-42(51)48-25-33-16-35(21-39(19-33)45-6)27-49(43(52)14-12-31(2)3)29-37-18-38(24-41(23-37)47-8)30-50(44(53)15-13-32(4)5)28-36-17-34(26-48)20-40(22-36)46-7/h16-24,31-32,45-47H,9-15,25-30H2,1-8H3. The highest BCUT2D eigenvalue weighted by Gasteiger charge is 2.22. The molecular formula is C44H64N6O3. The zero-order chi connectivity index (χ0) is 38.5. The highest BCUT2D eigenvalue weighted by molar-refractivity contribution is 5.78. The minimum Gasteiger partial charge on any atom is -0.388 e. The van der Waals surface area contributed by atoms with Gasteiger partial charge in [0.2, 0.25) is 17.7 Å². The summed E-state index contributed by atoms with van der Waals surface area (Å²) in [5, 5.41) is 9.96. The minimum atomic E-state index is 0.113. The van der Waals surface area contributed by atoms with Gasteiger partial charge in [-0.05, 0) is 101 Å². The van der Waals surface area contributed by atoms with Crippen molar-refractivity contribution >= 4 is 34.8 Å². The number of carbonyl (C=O) groups excluding carboxylic acids is 3. The molecule has 3 N–H and O–H groups in total. The molecule has 6 bridgehead atoms. The summed E-state index contributed by atoms with van der Waals surface area (Å²) in [5.41, 5.74) is 8.92. The molecule has 0 unspecified atom stereocenters. The number of unbranched alkanes of at least 4 members (excludes halogenated alkanes) is 1. The molecule has 0 aromatic heterocycles. The molecule has 288 valence electrons. The average molecular weight is 725 g/mol. The lowest BCUT2D eigenvalue weighted by Gasteiger charge is -2.28. The van der Waals surface area contributed by atoms with E-state index in [-0.39, 0.29) is 17.7 Å². The van der Waals surface area contributed by atoms with Crippen LogP contribution in [0.1, 0.15) is 113 Å². The van der Waals surface area contributed by atoms with Crippen molar-refractivity contribution in [1.82, 2.24) is 14.7 Å². The molecule has 3 aromatic carbocycles. The highest BCUT2D eigenvalue weighted by atomic mass is 16.2. The van der Waals surface area contributed by atoms with Crippen molar-refractivity contribution in [2.24, 2.45) is 11.8 Å². The summed E-state index contributed by atoms with van der Waals surface area (Å²) in [7, 11) is 5.72. The lowest BCUT2D eigenvalue weighted by molar-refractivity contribution is -0.133. The zero-order valence-corrected chi connectivity index (χ0v) is 33.6. The Morgan fingerprint density at radius 2 is 0.755 bits per heavy atom. The summed E-state index contributed by atoms with van der Waals surface area (Å²) >= 11 is 0. The summed E-state index contributed by atoms with van der Waals surface area (Å²) in [6, 6.07) is 19.1. The van der Waals surface area contributed by atoms with Gasteiger partial charge in [0.05, 0.1) is 0 Å². The number of anilines is 3. The Bertz CT molecular complexity index is 1580. The molecule has 1 aliphatic rings. The molecule has 0 radical (unpaired) electrons. The maximum Gasteiger partial charge on any atom is 0.223 e. The molecule has 0 saturated heterocycles. The topological polar surface area (TPSA) is 97.0 Å². The highest BCUT2D eigenvalue weighted by Crippen LogP contribution is 2.26. The fourth-order valence-electron chi connectivity index (χ4n) is 6.91. The Hall–Kier alpha value is -4.53. The number of nitrogens with one attached hydrogen (secondary N) is 3. The van der Waals surface area contributed by atoms with E-state index in [1.807, 2.05) is 35.8 Å². The van der Waals surface area contributed by atoms with E-state index >= 15 is 0 Å². The molecule has 1 heterocycles. The van der Waals surface area contributed by atoms with Crippen LogP contribution < -0.4 is 16.0 Å². The second kappa shape index (κ2) is 20.1. The monoisotopic (exact) mass is 725 g/mol. The second-order valence-corrected chi connectivity index (χ2v) is 15.6. The van der Waals surface area contributed by atoms with Gasteiger partial charge in [0, 0.05) is 96.7 Å². The Balaban J connectivity index is 1.89. The number of nitrogens with zero attached hydrogens (tertiary/aromatic N) is 3. The first-order chi connectivity index (χ1) is 25.4. The molecule has 1 aliphatic heterocycles. The third-order valence-electron chi connectivity index (χ3n) is 9.94. The summed E-state index contributed by atoms with van der Waals surface area (Å²) in [6.45, 7) is 13.3. The number of hydrogen-bond acceptors (Lipinski definition) is 6. The lowest BCUT2D eigenvalue weighted by atomic mass is 10.0. The molecule has 53 heavy (non-hydrogen) atoms. The van der Waals surface area contributed by atoms with Gasteiger partial charge in [-0.2, -0.15) is 0 Å². The van der Waals surface area contributed by atoms with E-state index in [2.05, 4.69) is 105 Å². The van der Waals surface area contributed by atoms with Gasteiger partial charge in [0.25, 0.3) is 0 Å². The fraction of sp³-hybridized carbons (Fsp3) is 0.523. The van der Waals surface area contributed by atoms with Crippen molar-refractivity contribution in [3.8, 4) is 0 Å². The SMILES string of the molecule is CCCCC(=O)N1Cc2cc(cc(NC)c2)CN(C(=O)CCC(C)C)Cc2cc(cc(NC)c2)CN(C(=O)CCC(C)C)Cc2cc(cc(NC)c2)C1. The van der Waals surface area contributed by atoms with Crippen molar-refractivity contribution in [1.29, 1.82) is 0 Å². The molecule has 3 aromatic rings. The molecule has 0 saturated carbocycles. The Kier molecular flexibility index (Phi) is 15.6. The smallest absolute Gasteiger partial charge is 0.223 e. The van der Waals surface area contributed by atoms with Crippen molar-refractivity contribution in [2.75, 3.05) is 37.1 Å². The van der Waals surface area contributed by atoms with E-state index in [1.165, 1.54) is 0 Å². The summed E-state index contributed by atoms with van der Waals surface area (Å²) in [6.07, 6.45) is 4.83. The van der Waals surface area contributed by atoms with E-state index in [4.69, 9.17) is 0 Å². The van der Waals surface area contributed by atoms with Crippen LogP contribution in [0.4, 0.5) is 17.1 Å². The normalized spacial score (nSPS) is 13.8. The van der Waals surface area contributed by atoms with Gasteiger partial charge >= 0.3 is 0 Å². The van der Waals surface area contributed by atoms with Gasteiger partial charge in [-0.15, -0.1) is 0 Å². The maximum absolute atomic E-state index is 14.0.